The molecule has 0 saturated carbocycles. The predicted octanol–water partition coefficient (Wildman–Crippen LogP) is 2.97. The third-order valence-electron chi connectivity index (χ3n) is 2.53. The third-order valence-corrected chi connectivity index (χ3v) is 2.70. The molecule has 0 unspecified atom stereocenters. The molecule has 2 N–H and O–H groups in total. The van der Waals surface area contributed by atoms with E-state index in [4.69, 9.17) is 16.3 Å². The minimum Gasteiger partial charge on any atom is -0.381 e. The molecule has 114 valence electrons. The fraction of sp³-hybridized carbons (Fsp3) is 0.769. The Morgan fingerprint density at radius 3 is 2.20 bits per heavy atom. The van der Waals surface area contributed by atoms with Crippen LogP contribution in [-0.4, -0.2) is 41.3 Å². The number of unbranched alkanes of at least 4 members (excludes halogenated alkanes) is 1. The first-order valence-corrected chi connectivity index (χ1v) is 7.61. The van der Waals surface area contributed by atoms with Crippen LogP contribution in [0.1, 0.15) is 39.5 Å². The second kappa shape index (κ2) is 10.6. The summed E-state index contributed by atoms with van der Waals surface area (Å²) in [6.45, 7) is 7.36. The molecule has 0 fully saturated rings. The molecule has 0 aliphatic heterocycles. The van der Waals surface area contributed by atoms with E-state index in [1.165, 1.54) is 0 Å². The highest BCUT2D eigenvalue weighted by molar-refractivity contribution is 6.28. The van der Waals surface area contributed by atoms with Crippen LogP contribution in [0.2, 0.25) is 5.28 Å². The highest BCUT2D eigenvalue weighted by Gasteiger charge is 2.03. The SMILES string of the molecule is CCCCOCCCNc1nc(Cl)nc(NCCC)n1. The molecular weight excluding hydrogens is 278 g/mol. The van der Waals surface area contributed by atoms with Crippen LogP contribution < -0.4 is 10.6 Å². The number of halogens is 1. The number of nitrogens with zero attached hydrogens (tertiary/aromatic N) is 3. The molecular formula is C13H24ClN5O. The Bertz CT molecular complexity index is 378. The maximum Gasteiger partial charge on any atom is 0.228 e. The largest absolute Gasteiger partial charge is 0.381 e. The quantitative estimate of drug-likeness (QED) is 0.612. The molecule has 0 radical (unpaired) electrons. The van der Waals surface area contributed by atoms with Crippen molar-refractivity contribution in [3.05, 3.63) is 5.28 Å². The molecule has 0 saturated heterocycles. The van der Waals surface area contributed by atoms with Crippen LogP contribution in [0.15, 0.2) is 0 Å². The van der Waals surface area contributed by atoms with Crippen LogP contribution >= 0.6 is 11.6 Å². The van der Waals surface area contributed by atoms with Gasteiger partial charge in [-0.15, -0.1) is 0 Å². The van der Waals surface area contributed by atoms with Crippen molar-refractivity contribution >= 4 is 23.5 Å². The number of aromatic nitrogens is 3. The van der Waals surface area contributed by atoms with Crippen molar-refractivity contribution in [2.75, 3.05) is 36.9 Å². The second-order valence-electron chi connectivity index (χ2n) is 4.42. The fourth-order valence-corrected chi connectivity index (χ4v) is 1.63. The Kier molecular flexibility index (Phi) is 8.98. The monoisotopic (exact) mass is 301 g/mol. The van der Waals surface area contributed by atoms with Crippen molar-refractivity contribution in [2.45, 2.75) is 39.5 Å². The van der Waals surface area contributed by atoms with Gasteiger partial charge in [0, 0.05) is 26.3 Å². The summed E-state index contributed by atoms with van der Waals surface area (Å²) in [5, 5.41) is 6.41. The standard InChI is InChI=1S/C13H24ClN5O/c1-3-5-9-20-10-6-8-16-13-18-11(14)17-12(19-13)15-7-4-2/h3-10H2,1-2H3,(H2,15,16,17,18,19). The molecule has 1 heterocycles. The zero-order valence-corrected chi connectivity index (χ0v) is 13.0. The summed E-state index contributed by atoms with van der Waals surface area (Å²) in [6, 6.07) is 0. The maximum atomic E-state index is 5.86. The van der Waals surface area contributed by atoms with Crippen molar-refractivity contribution in [1.29, 1.82) is 0 Å². The molecule has 0 aliphatic rings. The number of nitrogens with one attached hydrogen (secondary N) is 2. The molecule has 0 aliphatic carbocycles. The van der Waals surface area contributed by atoms with Crippen LogP contribution in [0.4, 0.5) is 11.9 Å². The lowest BCUT2D eigenvalue weighted by atomic mass is 10.4. The first-order valence-electron chi connectivity index (χ1n) is 7.23. The molecule has 1 aromatic rings. The number of rotatable bonds is 11. The summed E-state index contributed by atoms with van der Waals surface area (Å²) in [5.41, 5.74) is 0. The Morgan fingerprint density at radius 2 is 1.55 bits per heavy atom. The van der Waals surface area contributed by atoms with Gasteiger partial charge in [0.15, 0.2) is 0 Å². The molecule has 0 atom stereocenters. The van der Waals surface area contributed by atoms with Gasteiger partial charge in [-0.1, -0.05) is 20.3 Å². The Morgan fingerprint density at radius 1 is 0.900 bits per heavy atom. The second-order valence-corrected chi connectivity index (χ2v) is 4.76. The lowest BCUT2D eigenvalue weighted by Crippen LogP contribution is -2.12. The van der Waals surface area contributed by atoms with E-state index in [1.54, 1.807) is 0 Å². The van der Waals surface area contributed by atoms with Crippen LogP contribution in [0.25, 0.3) is 0 Å². The van der Waals surface area contributed by atoms with Gasteiger partial charge in [-0.05, 0) is 30.9 Å². The minimum atomic E-state index is 0.195. The van der Waals surface area contributed by atoms with Gasteiger partial charge in [-0.25, -0.2) is 0 Å². The summed E-state index contributed by atoms with van der Waals surface area (Å²) >= 11 is 5.86. The van der Waals surface area contributed by atoms with E-state index in [0.29, 0.717) is 11.9 Å². The summed E-state index contributed by atoms with van der Waals surface area (Å²) in [7, 11) is 0. The normalized spacial score (nSPS) is 10.6. The molecule has 0 aromatic carbocycles. The van der Waals surface area contributed by atoms with Crippen LogP contribution in [-0.2, 0) is 4.74 Å². The lowest BCUT2D eigenvalue weighted by molar-refractivity contribution is 0.131. The van der Waals surface area contributed by atoms with Gasteiger partial charge in [-0.3, -0.25) is 0 Å². The Labute approximate surface area is 125 Å². The van der Waals surface area contributed by atoms with E-state index in [0.717, 1.165) is 52.0 Å². The van der Waals surface area contributed by atoms with Gasteiger partial charge in [0.05, 0.1) is 0 Å². The Hall–Kier alpha value is -1.14. The number of hydrogen-bond donors (Lipinski definition) is 2. The third kappa shape index (κ3) is 7.45. The van der Waals surface area contributed by atoms with Crippen molar-refractivity contribution in [3.8, 4) is 0 Å². The number of ether oxygens (including phenoxy) is 1. The van der Waals surface area contributed by atoms with Gasteiger partial charge in [-0.2, -0.15) is 15.0 Å². The highest BCUT2D eigenvalue weighted by atomic mass is 35.5. The van der Waals surface area contributed by atoms with E-state index >= 15 is 0 Å². The molecule has 0 bridgehead atoms. The van der Waals surface area contributed by atoms with Crippen molar-refractivity contribution in [1.82, 2.24) is 15.0 Å². The fourth-order valence-electron chi connectivity index (χ4n) is 1.47. The zero-order chi connectivity index (χ0) is 14.6. The van der Waals surface area contributed by atoms with Crippen molar-refractivity contribution in [2.24, 2.45) is 0 Å². The first kappa shape index (κ1) is 16.9. The summed E-state index contributed by atoms with van der Waals surface area (Å²) in [5.74, 6) is 1.01. The van der Waals surface area contributed by atoms with Crippen LogP contribution in [0.3, 0.4) is 0 Å². The molecule has 7 heteroatoms. The number of anilines is 2. The molecule has 1 aromatic heterocycles. The minimum absolute atomic E-state index is 0.195. The van der Waals surface area contributed by atoms with Gasteiger partial charge in [0.1, 0.15) is 0 Å². The molecule has 0 amide bonds. The van der Waals surface area contributed by atoms with Gasteiger partial charge >= 0.3 is 0 Å². The van der Waals surface area contributed by atoms with E-state index in [9.17, 15) is 0 Å². The average molecular weight is 302 g/mol. The zero-order valence-electron chi connectivity index (χ0n) is 12.3. The topological polar surface area (TPSA) is 72.0 Å². The van der Waals surface area contributed by atoms with E-state index < -0.39 is 0 Å². The average Bonchev–Trinajstić information content (AvgIpc) is 2.43. The lowest BCUT2D eigenvalue weighted by Gasteiger charge is -2.08. The Balaban J connectivity index is 2.26. The van der Waals surface area contributed by atoms with E-state index in [1.807, 2.05) is 0 Å². The maximum absolute atomic E-state index is 5.86. The van der Waals surface area contributed by atoms with Crippen molar-refractivity contribution in [3.63, 3.8) is 0 Å². The molecule has 20 heavy (non-hydrogen) atoms. The number of hydrogen-bond acceptors (Lipinski definition) is 6. The summed E-state index contributed by atoms with van der Waals surface area (Å²) in [6.07, 6.45) is 4.18. The van der Waals surface area contributed by atoms with Crippen LogP contribution in [0, 0.1) is 0 Å². The van der Waals surface area contributed by atoms with Gasteiger partial charge in [0.2, 0.25) is 17.2 Å². The van der Waals surface area contributed by atoms with Gasteiger partial charge < -0.3 is 15.4 Å². The summed E-state index contributed by atoms with van der Waals surface area (Å²) < 4.78 is 5.48. The van der Waals surface area contributed by atoms with Gasteiger partial charge in [0.25, 0.3) is 0 Å². The van der Waals surface area contributed by atoms with Crippen molar-refractivity contribution < 1.29 is 4.74 Å². The predicted molar refractivity (Wildman–Crippen MR) is 82.5 cm³/mol. The van der Waals surface area contributed by atoms with E-state index in [2.05, 4.69) is 39.4 Å². The smallest absolute Gasteiger partial charge is 0.228 e. The molecule has 1 rings (SSSR count). The molecule has 0 spiro atoms. The van der Waals surface area contributed by atoms with Crippen LogP contribution in [0.5, 0.6) is 0 Å². The van der Waals surface area contributed by atoms with E-state index in [-0.39, 0.29) is 5.28 Å². The first-order chi connectivity index (χ1) is 9.76. The highest BCUT2D eigenvalue weighted by Crippen LogP contribution is 2.09. The summed E-state index contributed by atoms with van der Waals surface area (Å²) in [4.78, 5) is 12.3. The molecule has 6 nitrogen and oxygen atoms in total.